The van der Waals surface area contributed by atoms with Gasteiger partial charge < -0.3 is 9.64 Å². The van der Waals surface area contributed by atoms with E-state index in [0.717, 1.165) is 0 Å². The van der Waals surface area contributed by atoms with Gasteiger partial charge in [-0.2, -0.15) is 0 Å². The third-order valence-corrected chi connectivity index (χ3v) is 14.1. The van der Waals surface area contributed by atoms with E-state index in [-0.39, 0.29) is 0 Å². The molecule has 0 N–H and O–H groups in total. The first-order valence-electron chi connectivity index (χ1n) is 13.1. The Labute approximate surface area is 224 Å². The molecule has 0 spiro atoms. The molecule has 2 aromatic carbocycles. The smallest absolute Gasteiger partial charge is 0.292 e. The fourth-order valence-electron chi connectivity index (χ4n) is 6.09. The summed E-state index contributed by atoms with van der Waals surface area (Å²) in [7, 11) is 7.83. The molecular formula is C32H43N2O2Si+. The Morgan fingerprint density at radius 2 is 1.57 bits per heavy atom. The van der Waals surface area contributed by atoms with Crippen LogP contribution in [0.4, 0.5) is 5.69 Å². The summed E-state index contributed by atoms with van der Waals surface area (Å²) >= 11 is 0. The molecule has 0 saturated heterocycles. The van der Waals surface area contributed by atoms with Gasteiger partial charge in [-0.15, -0.1) is 0 Å². The molecule has 2 aromatic rings. The van der Waals surface area contributed by atoms with Crippen LogP contribution in [-0.4, -0.2) is 60.1 Å². The lowest BCUT2D eigenvalue weighted by atomic mass is 9.87. The summed E-state index contributed by atoms with van der Waals surface area (Å²) in [5, 5.41) is 3.20. The average Bonchev–Trinajstić information content (AvgIpc) is 2.86. The zero-order valence-electron chi connectivity index (χ0n) is 24.2. The van der Waals surface area contributed by atoms with Crippen molar-refractivity contribution in [3.8, 4) is 0 Å². The maximum atomic E-state index is 8.95. The predicted molar refractivity (Wildman–Crippen MR) is 161 cm³/mol. The van der Waals surface area contributed by atoms with E-state index in [1.54, 1.807) is 10.4 Å². The summed E-state index contributed by atoms with van der Waals surface area (Å²) in [4.78, 5) is 11.2. The van der Waals surface area contributed by atoms with E-state index in [1.807, 2.05) is 0 Å². The van der Waals surface area contributed by atoms with Crippen molar-refractivity contribution in [2.24, 2.45) is 0 Å². The van der Waals surface area contributed by atoms with E-state index >= 15 is 0 Å². The minimum atomic E-state index is -2.10. The van der Waals surface area contributed by atoms with Gasteiger partial charge in [-0.05, 0) is 74.4 Å². The highest BCUT2D eigenvalue weighted by molar-refractivity contribution is 7.01. The Bertz CT molecular complexity index is 1280. The van der Waals surface area contributed by atoms with Crippen LogP contribution in [0.2, 0.25) is 11.1 Å². The molecule has 0 bridgehead atoms. The molecule has 0 unspecified atom stereocenters. The van der Waals surface area contributed by atoms with Crippen LogP contribution in [0.25, 0.3) is 5.57 Å². The molecular weight excluding hydrogens is 472 g/mol. The average molecular weight is 516 g/mol. The number of allylic oxidation sites excluding steroid dienone is 5. The largest absolute Gasteiger partial charge is 0.471 e. The molecule has 0 atom stereocenters. The van der Waals surface area contributed by atoms with E-state index in [4.69, 9.17) is 4.79 Å². The van der Waals surface area contributed by atoms with Crippen molar-refractivity contribution in [2.45, 2.75) is 45.7 Å². The van der Waals surface area contributed by atoms with Gasteiger partial charge in [0.15, 0.2) is 5.71 Å². The summed E-state index contributed by atoms with van der Waals surface area (Å²) in [5.74, 6) is 0. The molecule has 2 aliphatic rings. The Morgan fingerprint density at radius 3 is 2.08 bits per heavy atom. The number of nitrogens with zero attached hydrogens (tertiary/aromatic N) is 2. The fourth-order valence-corrected chi connectivity index (χ4v) is 12.3. The zero-order valence-corrected chi connectivity index (χ0v) is 25.2. The number of benzene rings is 2. The number of hydrogen-bond donors (Lipinski definition) is 0. The number of ether oxygens (including phenoxy) is 1. The SMILES string of the molecule is COC=O.Cc1ccccc1C1=C2C=CC(=[N+](C)C)C=C2[Si](C(C)C)(C(C)C)c2cc(N(C)C)ccc21. The van der Waals surface area contributed by atoms with Gasteiger partial charge in [0.1, 0.15) is 22.2 Å². The molecule has 0 amide bonds. The molecule has 4 nitrogen and oxygen atoms in total. The topological polar surface area (TPSA) is 32.6 Å². The van der Waals surface area contributed by atoms with Crippen LogP contribution in [0, 0.1) is 6.92 Å². The van der Waals surface area contributed by atoms with E-state index in [9.17, 15) is 0 Å². The summed E-state index contributed by atoms with van der Waals surface area (Å²) in [6, 6.07) is 16.1. The number of aryl methyl sites for hydroxylation is 1. The lowest BCUT2D eigenvalue weighted by Crippen LogP contribution is -2.59. The van der Waals surface area contributed by atoms with Crippen LogP contribution in [0.3, 0.4) is 0 Å². The monoisotopic (exact) mass is 515 g/mol. The second kappa shape index (κ2) is 11.5. The maximum absolute atomic E-state index is 8.95. The van der Waals surface area contributed by atoms with Crippen LogP contribution in [0.5, 0.6) is 0 Å². The third kappa shape index (κ3) is 5.02. The number of carbonyl (C=O) groups is 1. The summed E-state index contributed by atoms with van der Waals surface area (Å²) in [6.07, 6.45) is 7.23. The number of methoxy groups -OCH3 is 1. The van der Waals surface area contributed by atoms with Gasteiger partial charge in [-0.1, -0.05) is 58.0 Å². The van der Waals surface area contributed by atoms with Gasteiger partial charge >= 0.3 is 0 Å². The summed E-state index contributed by atoms with van der Waals surface area (Å²) in [6.45, 7) is 12.5. The van der Waals surface area contributed by atoms with Gasteiger partial charge in [0.05, 0.1) is 7.11 Å². The van der Waals surface area contributed by atoms with Crippen molar-refractivity contribution in [1.82, 2.24) is 0 Å². The molecule has 37 heavy (non-hydrogen) atoms. The Hall–Kier alpha value is -3.18. The lowest BCUT2D eigenvalue weighted by Gasteiger charge is -2.48. The minimum Gasteiger partial charge on any atom is -0.471 e. The third-order valence-electron chi connectivity index (χ3n) is 7.80. The van der Waals surface area contributed by atoms with Crippen LogP contribution >= 0.6 is 0 Å². The first-order chi connectivity index (χ1) is 17.5. The highest BCUT2D eigenvalue weighted by Gasteiger charge is 2.51. The lowest BCUT2D eigenvalue weighted by molar-refractivity contribution is -0.462. The molecule has 0 aromatic heterocycles. The normalized spacial score (nSPS) is 15.5. The maximum Gasteiger partial charge on any atom is 0.292 e. The quantitative estimate of drug-likeness (QED) is 0.283. The van der Waals surface area contributed by atoms with Crippen molar-refractivity contribution in [3.63, 3.8) is 0 Å². The Kier molecular flexibility index (Phi) is 8.80. The Morgan fingerprint density at radius 1 is 0.946 bits per heavy atom. The van der Waals surface area contributed by atoms with Crippen LogP contribution in [-0.2, 0) is 9.53 Å². The van der Waals surface area contributed by atoms with Crippen LogP contribution < -0.4 is 10.1 Å². The van der Waals surface area contributed by atoms with Crippen LogP contribution in [0.1, 0.15) is 44.4 Å². The van der Waals surface area contributed by atoms with Crippen LogP contribution in [0.15, 0.2) is 71.5 Å². The molecule has 4 rings (SSSR count). The standard InChI is InChI=1S/C30H39N2Si.C2H4O2/c1-20(2)33(21(3)4)28-18-23(31(6)7)14-16-26(28)30(25-13-11-10-12-22(25)5)27-17-15-24(32(8)9)19-29(27)33;1-4-2-3/h10-21H,1-9H3;2H,1H3/q+1;. The molecule has 0 fully saturated rings. The molecule has 5 heteroatoms. The Balaban J connectivity index is 0.000000886. The van der Waals surface area contributed by atoms with Gasteiger partial charge in [-0.3, -0.25) is 4.79 Å². The number of carbonyl (C=O) groups excluding carboxylic acids is 1. The van der Waals surface area contributed by atoms with Gasteiger partial charge in [0.25, 0.3) is 6.47 Å². The highest BCUT2D eigenvalue weighted by atomic mass is 28.3. The van der Waals surface area contributed by atoms with E-state index < -0.39 is 8.07 Å². The summed E-state index contributed by atoms with van der Waals surface area (Å²) in [5.41, 5.74) is 10.7. The van der Waals surface area contributed by atoms with Crippen molar-refractivity contribution >= 4 is 36.7 Å². The minimum absolute atomic E-state index is 0.375. The van der Waals surface area contributed by atoms with E-state index in [1.165, 1.54) is 46.3 Å². The first-order valence-corrected chi connectivity index (χ1v) is 15.2. The second-order valence-corrected chi connectivity index (χ2v) is 16.1. The number of fused-ring (bicyclic) bond motifs is 2. The number of anilines is 1. The molecule has 1 heterocycles. The van der Waals surface area contributed by atoms with Crippen molar-refractivity contribution in [2.75, 3.05) is 40.2 Å². The molecule has 0 saturated carbocycles. The van der Waals surface area contributed by atoms with Gasteiger partial charge in [0, 0.05) is 31.9 Å². The predicted octanol–water partition coefficient (Wildman–Crippen LogP) is 5.89. The van der Waals surface area contributed by atoms with E-state index in [0.29, 0.717) is 17.6 Å². The number of rotatable bonds is 5. The van der Waals surface area contributed by atoms with Gasteiger partial charge in [0.2, 0.25) is 0 Å². The van der Waals surface area contributed by atoms with E-state index in [2.05, 4.69) is 138 Å². The highest BCUT2D eigenvalue weighted by Crippen LogP contribution is 2.50. The van der Waals surface area contributed by atoms with Gasteiger partial charge in [-0.25, -0.2) is 4.58 Å². The summed E-state index contributed by atoms with van der Waals surface area (Å²) < 4.78 is 6.11. The first kappa shape index (κ1) is 28.4. The van der Waals surface area contributed by atoms with Crippen molar-refractivity contribution in [3.05, 3.63) is 88.2 Å². The molecule has 196 valence electrons. The molecule has 1 aliphatic heterocycles. The van der Waals surface area contributed by atoms with Crippen molar-refractivity contribution in [1.29, 1.82) is 0 Å². The molecule has 0 radical (unpaired) electrons. The zero-order chi connectivity index (χ0) is 27.5. The number of hydrogen-bond acceptors (Lipinski definition) is 3. The second-order valence-electron chi connectivity index (χ2n) is 10.9. The van der Waals surface area contributed by atoms with Crippen molar-refractivity contribution < 1.29 is 14.1 Å². The molecule has 1 aliphatic carbocycles. The fraction of sp³-hybridized carbons (Fsp3) is 0.375.